The van der Waals surface area contributed by atoms with Crippen LogP contribution < -0.4 is 16.6 Å². The number of urea groups is 1. The molecule has 0 bridgehead atoms. The highest BCUT2D eigenvalue weighted by atomic mass is 32.2. The van der Waals surface area contributed by atoms with Crippen LogP contribution in [-0.2, 0) is 16.1 Å². The molecule has 2 rings (SSSR count). The second-order valence-electron chi connectivity index (χ2n) is 4.97. The van der Waals surface area contributed by atoms with E-state index in [0.29, 0.717) is 29.2 Å². The van der Waals surface area contributed by atoms with Gasteiger partial charge in [0.05, 0.1) is 29.3 Å². The van der Waals surface area contributed by atoms with Gasteiger partial charge in [0.1, 0.15) is 0 Å². The number of aromatic nitrogens is 2. The Bertz CT molecular complexity index is 821. The zero-order valence-electron chi connectivity index (χ0n) is 13.3. The smallest absolute Gasteiger partial charge is 0.318 e. The fourth-order valence-electron chi connectivity index (χ4n) is 2.05. The van der Waals surface area contributed by atoms with E-state index in [0.717, 1.165) is 11.8 Å². The zero-order valence-corrected chi connectivity index (χ0v) is 14.1. The van der Waals surface area contributed by atoms with Gasteiger partial charge in [0.2, 0.25) is 5.91 Å². The SMILES string of the molecule is COCCn1c(S[C@@H](C)C(=O)NC(N)=O)nc2ccccc2c1=O. The number of rotatable bonds is 6. The molecule has 2 aromatic rings. The Morgan fingerprint density at radius 3 is 2.79 bits per heavy atom. The van der Waals surface area contributed by atoms with Gasteiger partial charge >= 0.3 is 6.03 Å². The molecule has 1 heterocycles. The molecule has 0 unspecified atom stereocenters. The van der Waals surface area contributed by atoms with Crippen LogP contribution in [0.2, 0.25) is 0 Å². The second kappa shape index (κ2) is 7.93. The van der Waals surface area contributed by atoms with Crippen LogP contribution in [-0.4, -0.2) is 40.5 Å². The fraction of sp³-hybridized carbons (Fsp3) is 0.333. The monoisotopic (exact) mass is 350 g/mol. The molecule has 1 atom stereocenters. The van der Waals surface area contributed by atoms with Crippen molar-refractivity contribution in [2.75, 3.05) is 13.7 Å². The number of carbonyl (C=O) groups excluding carboxylic acids is 2. The van der Waals surface area contributed by atoms with Crippen molar-refractivity contribution in [1.82, 2.24) is 14.9 Å². The van der Waals surface area contributed by atoms with Gasteiger partial charge in [0.15, 0.2) is 5.16 Å². The minimum absolute atomic E-state index is 0.206. The number of methoxy groups -OCH3 is 1. The molecule has 0 saturated heterocycles. The minimum atomic E-state index is -0.921. The number of imide groups is 1. The first-order valence-corrected chi connectivity index (χ1v) is 8.07. The number of nitrogens with two attached hydrogens (primary N) is 1. The van der Waals surface area contributed by atoms with Crippen LogP contribution >= 0.6 is 11.8 Å². The number of thioether (sulfide) groups is 1. The lowest BCUT2D eigenvalue weighted by atomic mass is 10.2. The van der Waals surface area contributed by atoms with Crippen LogP contribution in [0.4, 0.5) is 4.79 Å². The van der Waals surface area contributed by atoms with Crippen molar-refractivity contribution < 1.29 is 14.3 Å². The number of hydrogen-bond acceptors (Lipinski definition) is 6. The molecule has 0 saturated carbocycles. The summed E-state index contributed by atoms with van der Waals surface area (Å²) < 4.78 is 6.50. The first kappa shape index (κ1) is 18.0. The van der Waals surface area contributed by atoms with E-state index in [2.05, 4.69) is 4.98 Å². The van der Waals surface area contributed by atoms with Gasteiger partial charge in [-0.1, -0.05) is 23.9 Å². The van der Waals surface area contributed by atoms with Crippen molar-refractivity contribution >= 4 is 34.6 Å². The van der Waals surface area contributed by atoms with E-state index >= 15 is 0 Å². The molecule has 3 amide bonds. The lowest BCUT2D eigenvalue weighted by Gasteiger charge is -2.15. The Labute approximate surface area is 142 Å². The Morgan fingerprint density at radius 2 is 2.12 bits per heavy atom. The molecule has 0 radical (unpaired) electrons. The number of benzene rings is 1. The van der Waals surface area contributed by atoms with Gasteiger partial charge in [-0.05, 0) is 19.1 Å². The number of nitrogens with zero attached hydrogens (tertiary/aromatic N) is 2. The van der Waals surface area contributed by atoms with Crippen LogP contribution in [0.25, 0.3) is 10.9 Å². The Hall–Kier alpha value is -2.39. The van der Waals surface area contributed by atoms with Crippen molar-refractivity contribution in [3.63, 3.8) is 0 Å². The standard InChI is InChI=1S/C15H18N4O4S/c1-9(12(20)18-14(16)22)24-15-17-11-6-4-3-5-10(11)13(21)19(15)7-8-23-2/h3-6,9H,7-8H2,1-2H3,(H3,16,18,20,22)/t9-/m0/s1. The maximum absolute atomic E-state index is 12.7. The third kappa shape index (κ3) is 4.12. The highest BCUT2D eigenvalue weighted by molar-refractivity contribution is 8.00. The quantitative estimate of drug-likeness (QED) is 0.586. The molecular formula is C15H18N4O4S. The van der Waals surface area contributed by atoms with E-state index in [-0.39, 0.29) is 5.56 Å². The molecule has 1 aromatic heterocycles. The van der Waals surface area contributed by atoms with E-state index in [1.807, 2.05) is 5.32 Å². The molecule has 9 heteroatoms. The maximum atomic E-state index is 12.7. The van der Waals surface area contributed by atoms with E-state index in [9.17, 15) is 14.4 Å². The van der Waals surface area contributed by atoms with E-state index in [1.54, 1.807) is 31.2 Å². The predicted molar refractivity (Wildman–Crippen MR) is 90.9 cm³/mol. The second-order valence-corrected chi connectivity index (χ2v) is 6.28. The van der Waals surface area contributed by atoms with Crippen molar-refractivity contribution in [3.05, 3.63) is 34.6 Å². The maximum Gasteiger partial charge on any atom is 0.318 e. The Morgan fingerprint density at radius 1 is 1.42 bits per heavy atom. The normalized spacial score (nSPS) is 12.1. The lowest BCUT2D eigenvalue weighted by molar-refractivity contribution is -0.119. The number of fused-ring (bicyclic) bond motifs is 1. The molecule has 0 aliphatic carbocycles. The largest absolute Gasteiger partial charge is 0.383 e. The summed E-state index contributed by atoms with van der Waals surface area (Å²) in [7, 11) is 1.54. The van der Waals surface area contributed by atoms with Crippen LogP contribution in [0.1, 0.15) is 6.92 Å². The highest BCUT2D eigenvalue weighted by Gasteiger charge is 2.20. The van der Waals surface area contributed by atoms with E-state index < -0.39 is 17.2 Å². The molecule has 24 heavy (non-hydrogen) atoms. The molecule has 0 aliphatic heterocycles. The first-order valence-electron chi connectivity index (χ1n) is 7.19. The predicted octanol–water partition coefficient (Wildman–Crippen LogP) is 0.718. The molecular weight excluding hydrogens is 332 g/mol. The molecule has 0 aliphatic rings. The summed E-state index contributed by atoms with van der Waals surface area (Å²) in [5, 5.41) is 2.23. The number of primary amides is 1. The van der Waals surface area contributed by atoms with Crippen molar-refractivity contribution in [2.24, 2.45) is 5.73 Å². The molecule has 1 aromatic carbocycles. The highest BCUT2D eigenvalue weighted by Crippen LogP contribution is 2.22. The first-order chi connectivity index (χ1) is 11.4. The third-order valence-corrected chi connectivity index (χ3v) is 4.33. The Kier molecular flexibility index (Phi) is 5.93. The molecule has 3 N–H and O–H groups in total. The third-order valence-electron chi connectivity index (χ3n) is 3.24. The van der Waals surface area contributed by atoms with Crippen LogP contribution in [0.3, 0.4) is 0 Å². The number of amides is 3. The molecule has 128 valence electrons. The summed E-state index contributed by atoms with van der Waals surface area (Å²) in [4.78, 5) is 39.8. The van der Waals surface area contributed by atoms with Crippen LogP contribution in [0, 0.1) is 0 Å². The van der Waals surface area contributed by atoms with Gasteiger partial charge in [0, 0.05) is 7.11 Å². The number of hydrogen-bond donors (Lipinski definition) is 2. The van der Waals surface area contributed by atoms with Crippen molar-refractivity contribution in [1.29, 1.82) is 0 Å². The number of para-hydroxylation sites is 1. The van der Waals surface area contributed by atoms with Crippen molar-refractivity contribution in [2.45, 2.75) is 23.9 Å². The summed E-state index contributed by atoms with van der Waals surface area (Å²) in [6.07, 6.45) is 0. The van der Waals surface area contributed by atoms with Crippen LogP contribution in [0.15, 0.2) is 34.2 Å². The van der Waals surface area contributed by atoms with Crippen LogP contribution in [0.5, 0.6) is 0 Å². The van der Waals surface area contributed by atoms with Gasteiger partial charge < -0.3 is 10.5 Å². The number of carbonyl (C=O) groups is 2. The average Bonchev–Trinajstić information content (AvgIpc) is 2.54. The molecule has 0 spiro atoms. The minimum Gasteiger partial charge on any atom is -0.383 e. The summed E-state index contributed by atoms with van der Waals surface area (Å²) >= 11 is 1.08. The summed E-state index contributed by atoms with van der Waals surface area (Å²) in [5.41, 5.74) is 5.29. The van der Waals surface area contributed by atoms with Gasteiger partial charge in [-0.3, -0.25) is 19.5 Å². The fourth-order valence-corrected chi connectivity index (χ4v) is 2.99. The summed E-state index contributed by atoms with van der Waals surface area (Å²) in [5.74, 6) is -0.548. The molecule has 8 nitrogen and oxygen atoms in total. The number of ether oxygens (including phenoxy) is 1. The van der Waals surface area contributed by atoms with E-state index in [1.165, 1.54) is 11.7 Å². The van der Waals surface area contributed by atoms with Gasteiger partial charge in [-0.25, -0.2) is 9.78 Å². The topological polar surface area (TPSA) is 116 Å². The van der Waals surface area contributed by atoms with Crippen molar-refractivity contribution in [3.8, 4) is 0 Å². The Balaban J connectivity index is 2.41. The van der Waals surface area contributed by atoms with Gasteiger partial charge in [0.25, 0.3) is 5.56 Å². The summed E-state index contributed by atoms with van der Waals surface area (Å²) in [6.45, 7) is 2.24. The lowest BCUT2D eigenvalue weighted by Crippen LogP contribution is -2.39. The van der Waals surface area contributed by atoms with Gasteiger partial charge in [-0.15, -0.1) is 0 Å². The zero-order chi connectivity index (χ0) is 17.7. The number of nitrogens with one attached hydrogen (secondary N) is 1. The average molecular weight is 350 g/mol. The van der Waals surface area contributed by atoms with Gasteiger partial charge in [-0.2, -0.15) is 0 Å². The molecule has 0 fully saturated rings. The van der Waals surface area contributed by atoms with E-state index in [4.69, 9.17) is 10.5 Å². The summed E-state index contributed by atoms with van der Waals surface area (Å²) in [6, 6.07) is 6.06.